The van der Waals surface area contributed by atoms with Gasteiger partial charge in [0.1, 0.15) is 11.4 Å². The van der Waals surface area contributed by atoms with E-state index in [1.807, 2.05) is 31.2 Å². The number of nitriles is 1. The molecule has 3 rings (SSSR count). The van der Waals surface area contributed by atoms with Gasteiger partial charge in [-0.15, -0.1) is 0 Å². The summed E-state index contributed by atoms with van der Waals surface area (Å²) in [6.07, 6.45) is 1.12. The van der Waals surface area contributed by atoms with E-state index in [0.717, 1.165) is 16.7 Å². The molecule has 3 atom stereocenters. The molecule has 0 radical (unpaired) electrons. The highest BCUT2D eigenvalue weighted by molar-refractivity contribution is 5.83. The number of halogens is 1. The van der Waals surface area contributed by atoms with Crippen molar-refractivity contribution in [1.29, 1.82) is 5.26 Å². The summed E-state index contributed by atoms with van der Waals surface area (Å²) in [7, 11) is 0. The average Bonchev–Trinajstić information content (AvgIpc) is 3.36. The molecular formula is C20H20FN3O. The molecule has 0 saturated heterocycles. The molecule has 1 amide bonds. The van der Waals surface area contributed by atoms with E-state index in [0.29, 0.717) is 12.8 Å². The summed E-state index contributed by atoms with van der Waals surface area (Å²) in [4.78, 5) is 12.0. The maximum Gasteiger partial charge on any atom is 0.238 e. The summed E-state index contributed by atoms with van der Waals surface area (Å²) < 4.78 is 13.0. The molecule has 1 aliphatic carbocycles. The summed E-state index contributed by atoms with van der Waals surface area (Å²) in [5.41, 5.74) is 7.78. The molecule has 5 heteroatoms. The van der Waals surface area contributed by atoms with Crippen molar-refractivity contribution in [2.24, 2.45) is 5.73 Å². The Kier molecular flexibility index (Phi) is 4.56. The Hall–Kier alpha value is -2.71. The third kappa shape index (κ3) is 3.40. The number of rotatable bonds is 5. The Bertz CT molecular complexity index is 810. The fraction of sp³-hybridized carbons (Fsp3) is 0.300. The molecule has 0 heterocycles. The fourth-order valence-electron chi connectivity index (χ4n) is 3.00. The van der Waals surface area contributed by atoms with Crippen LogP contribution in [0.1, 0.15) is 31.2 Å². The van der Waals surface area contributed by atoms with Crippen LogP contribution in [-0.2, 0) is 4.79 Å². The highest BCUT2D eigenvalue weighted by Gasteiger charge is 2.57. The molecular weight excluding hydrogens is 317 g/mol. The number of nitrogens with one attached hydrogen (secondary N) is 1. The second kappa shape index (κ2) is 6.66. The monoisotopic (exact) mass is 337 g/mol. The lowest BCUT2D eigenvalue weighted by molar-refractivity contribution is -0.123. The van der Waals surface area contributed by atoms with Crippen LogP contribution < -0.4 is 11.1 Å². The predicted octanol–water partition coefficient (Wildman–Crippen LogP) is 3.10. The van der Waals surface area contributed by atoms with E-state index in [9.17, 15) is 14.4 Å². The molecule has 2 aromatic carbocycles. The molecule has 3 N–H and O–H groups in total. The third-order valence-corrected chi connectivity index (χ3v) is 4.77. The summed E-state index contributed by atoms with van der Waals surface area (Å²) in [5.74, 6) is -0.583. The van der Waals surface area contributed by atoms with Crippen LogP contribution in [0.4, 0.5) is 4.39 Å². The quantitative estimate of drug-likeness (QED) is 0.880. The van der Waals surface area contributed by atoms with Crippen LogP contribution >= 0.6 is 0 Å². The predicted molar refractivity (Wildman–Crippen MR) is 93.9 cm³/mol. The van der Waals surface area contributed by atoms with Gasteiger partial charge in [-0.1, -0.05) is 43.3 Å². The average molecular weight is 337 g/mol. The summed E-state index contributed by atoms with van der Waals surface area (Å²) in [6.45, 7) is 1.84. The van der Waals surface area contributed by atoms with Crippen LogP contribution in [0.2, 0.25) is 0 Å². The van der Waals surface area contributed by atoms with Gasteiger partial charge in [0.2, 0.25) is 5.91 Å². The normalized spacial score (nSPS) is 22.7. The highest BCUT2D eigenvalue weighted by Crippen LogP contribution is 2.51. The van der Waals surface area contributed by atoms with E-state index in [1.54, 1.807) is 12.1 Å². The standard InChI is InChI=1S/C20H20FN3O/c1-2-18(23)19(25)24-20(12-22)11-17(20)15-5-3-13(4-6-15)14-7-9-16(21)10-8-14/h3-10,17-18H,2,11,23H2,1H3,(H,24,25)/t17-,18?,20-/m1/s1. The van der Waals surface area contributed by atoms with Crippen molar-refractivity contribution in [3.63, 3.8) is 0 Å². The Morgan fingerprint density at radius 2 is 1.84 bits per heavy atom. The van der Waals surface area contributed by atoms with Crippen LogP contribution in [0, 0.1) is 17.1 Å². The number of carbonyl (C=O) groups excluding carboxylic acids is 1. The Labute approximate surface area is 146 Å². The smallest absolute Gasteiger partial charge is 0.238 e. The third-order valence-electron chi connectivity index (χ3n) is 4.77. The van der Waals surface area contributed by atoms with Crippen molar-refractivity contribution in [2.75, 3.05) is 0 Å². The Morgan fingerprint density at radius 1 is 1.28 bits per heavy atom. The second-order valence-electron chi connectivity index (χ2n) is 6.47. The molecule has 2 aromatic rings. The lowest BCUT2D eigenvalue weighted by Gasteiger charge is -2.15. The SMILES string of the molecule is CCC(N)C(=O)N[C@@]1(C#N)C[C@@H]1c1ccc(-c2ccc(F)cc2)cc1. The van der Waals surface area contributed by atoms with Crippen molar-refractivity contribution < 1.29 is 9.18 Å². The van der Waals surface area contributed by atoms with Gasteiger partial charge in [0.25, 0.3) is 0 Å². The maximum absolute atomic E-state index is 13.0. The molecule has 0 aliphatic heterocycles. The maximum atomic E-state index is 13.0. The van der Waals surface area contributed by atoms with E-state index in [1.165, 1.54) is 12.1 Å². The molecule has 0 aromatic heterocycles. The number of amides is 1. The van der Waals surface area contributed by atoms with Crippen LogP contribution in [0.25, 0.3) is 11.1 Å². The second-order valence-corrected chi connectivity index (χ2v) is 6.47. The number of benzene rings is 2. The lowest BCUT2D eigenvalue weighted by Crippen LogP contribution is -2.46. The summed E-state index contributed by atoms with van der Waals surface area (Å²) in [6, 6.07) is 15.8. The Morgan fingerprint density at radius 3 is 2.36 bits per heavy atom. The van der Waals surface area contributed by atoms with Gasteiger partial charge in [-0.05, 0) is 41.7 Å². The van der Waals surface area contributed by atoms with Crippen LogP contribution in [-0.4, -0.2) is 17.5 Å². The minimum Gasteiger partial charge on any atom is -0.336 e. The van der Waals surface area contributed by atoms with Gasteiger partial charge in [-0.25, -0.2) is 4.39 Å². The van der Waals surface area contributed by atoms with E-state index in [-0.39, 0.29) is 17.6 Å². The van der Waals surface area contributed by atoms with E-state index < -0.39 is 11.6 Å². The minimum atomic E-state index is -0.860. The van der Waals surface area contributed by atoms with Gasteiger partial charge in [0, 0.05) is 5.92 Å². The number of carbonyl (C=O) groups is 1. The van der Waals surface area contributed by atoms with Gasteiger partial charge in [0.05, 0.1) is 12.1 Å². The van der Waals surface area contributed by atoms with E-state index in [4.69, 9.17) is 5.73 Å². The molecule has 1 fully saturated rings. The van der Waals surface area contributed by atoms with Crippen molar-refractivity contribution in [3.8, 4) is 17.2 Å². The van der Waals surface area contributed by atoms with Crippen LogP contribution in [0.3, 0.4) is 0 Å². The zero-order valence-corrected chi connectivity index (χ0v) is 14.0. The van der Waals surface area contributed by atoms with Crippen molar-refractivity contribution in [3.05, 3.63) is 59.9 Å². The van der Waals surface area contributed by atoms with E-state index >= 15 is 0 Å². The largest absolute Gasteiger partial charge is 0.336 e. The first-order valence-electron chi connectivity index (χ1n) is 8.34. The topological polar surface area (TPSA) is 78.9 Å². The zero-order chi connectivity index (χ0) is 18.0. The van der Waals surface area contributed by atoms with Gasteiger partial charge in [-0.2, -0.15) is 5.26 Å². The number of hydrogen-bond acceptors (Lipinski definition) is 3. The minimum absolute atomic E-state index is 0.0345. The first-order valence-corrected chi connectivity index (χ1v) is 8.34. The first-order chi connectivity index (χ1) is 12.0. The van der Waals surface area contributed by atoms with Crippen LogP contribution in [0.15, 0.2) is 48.5 Å². The summed E-state index contributed by atoms with van der Waals surface area (Å²) in [5, 5.41) is 12.3. The molecule has 4 nitrogen and oxygen atoms in total. The number of nitrogens with zero attached hydrogens (tertiary/aromatic N) is 1. The van der Waals surface area contributed by atoms with Crippen LogP contribution in [0.5, 0.6) is 0 Å². The van der Waals surface area contributed by atoms with Gasteiger partial charge >= 0.3 is 0 Å². The molecule has 1 unspecified atom stereocenters. The molecule has 25 heavy (non-hydrogen) atoms. The fourth-order valence-corrected chi connectivity index (χ4v) is 3.00. The van der Waals surface area contributed by atoms with Gasteiger partial charge in [0.15, 0.2) is 0 Å². The number of hydrogen-bond donors (Lipinski definition) is 2. The molecule has 0 bridgehead atoms. The van der Waals surface area contributed by atoms with Gasteiger partial charge in [-0.3, -0.25) is 4.79 Å². The van der Waals surface area contributed by atoms with E-state index in [2.05, 4.69) is 11.4 Å². The van der Waals surface area contributed by atoms with Crippen molar-refractivity contribution >= 4 is 5.91 Å². The molecule has 1 saturated carbocycles. The lowest BCUT2D eigenvalue weighted by atomic mass is 10.0. The molecule has 128 valence electrons. The van der Waals surface area contributed by atoms with Gasteiger partial charge < -0.3 is 11.1 Å². The van der Waals surface area contributed by atoms with Crippen molar-refractivity contribution in [1.82, 2.24) is 5.32 Å². The first kappa shape index (κ1) is 17.1. The highest BCUT2D eigenvalue weighted by atomic mass is 19.1. The molecule has 1 aliphatic rings. The Balaban J connectivity index is 1.74. The molecule has 0 spiro atoms. The zero-order valence-electron chi connectivity index (χ0n) is 14.0. The number of nitrogens with two attached hydrogens (primary N) is 1. The van der Waals surface area contributed by atoms with Crippen molar-refractivity contribution in [2.45, 2.75) is 37.3 Å². The summed E-state index contributed by atoms with van der Waals surface area (Å²) >= 11 is 0.